The molecule has 2 heterocycles. The Morgan fingerprint density at radius 1 is 1.07 bits per heavy atom. The van der Waals surface area contributed by atoms with E-state index in [9.17, 15) is 14.0 Å². The Kier molecular flexibility index (Phi) is 4.92. The predicted molar refractivity (Wildman–Crippen MR) is 108 cm³/mol. The van der Waals surface area contributed by atoms with Crippen LogP contribution >= 0.6 is 0 Å². The monoisotopic (exact) mass is 396 g/mol. The maximum absolute atomic E-state index is 13.9. The number of allylic oxidation sites excluding steroid dienone is 2. The molecule has 4 nitrogen and oxygen atoms in total. The Bertz CT molecular complexity index is 838. The third-order valence-electron chi connectivity index (χ3n) is 7.60. The van der Waals surface area contributed by atoms with Gasteiger partial charge in [-0.05, 0) is 61.5 Å². The van der Waals surface area contributed by atoms with E-state index in [0.29, 0.717) is 42.3 Å². The molecule has 0 spiro atoms. The topological polar surface area (TPSA) is 40.6 Å². The fourth-order valence-electron chi connectivity index (χ4n) is 6.10. The van der Waals surface area contributed by atoms with E-state index in [0.717, 1.165) is 38.6 Å². The lowest BCUT2D eigenvalue weighted by Gasteiger charge is -2.48. The minimum Gasteiger partial charge on any atom is -0.342 e. The molecule has 5 heteroatoms. The number of fused-ring (bicyclic) bond motifs is 3. The highest BCUT2D eigenvalue weighted by atomic mass is 19.1. The van der Waals surface area contributed by atoms with Crippen LogP contribution in [0.25, 0.3) is 0 Å². The molecule has 0 unspecified atom stereocenters. The van der Waals surface area contributed by atoms with Crippen LogP contribution in [0, 0.1) is 29.5 Å². The molecule has 2 aliphatic carbocycles. The summed E-state index contributed by atoms with van der Waals surface area (Å²) in [5, 5.41) is 0. The number of halogens is 1. The molecule has 154 valence electrons. The highest BCUT2D eigenvalue weighted by Crippen LogP contribution is 2.45. The number of hydrogen-bond donors (Lipinski definition) is 0. The Balaban J connectivity index is 1.23. The number of benzene rings is 1. The zero-order valence-corrected chi connectivity index (χ0v) is 16.8. The summed E-state index contributed by atoms with van der Waals surface area (Å²) >= 11 is 0. The first-order chi connectivity index (χ1) is 14.1. The van der Waals surface area contributed by atoms with Crippen LogP contribution in [0.5, 0.6) is 0 Å². The molecule has 2 amide bonds. The first-order valence-corrected chi connectivity index (χ1v) is 11.1. The van der Waals surface area contributed by atoms with Crippen molar-refractivity contribution >= 4 is 11.8 Å². The van der Waals surface area contributed by atoms with E-state index in [1.165, 1.54) is 6.07 Å². The van der Waals surface area contributed by atoms with Gasteiger partial charge >= 0.3 is 0 Å². The number of carbonyl (C=O) groups is 2. The third-order valence-corrected chi connectivity index (χ3v) is 7.60. The van der Waals surface area contributed by atoms with Crippen molar-refractivity contribution < 1.29 is 14.0 Å². The van der Waals surface area contributed by atoms with Gasteiger partial charge in [0, 0.05) is 31.6 Å². The molecule has 0 N–H and O–H groups in total. The van der Waals surface area contributed by atoms with Gasteiger partial charge in [0.05, 0.1) is 6.42 Å². The molecule has 5 atom stereocenters. The molecule has 3 fully saturated rings. The van der Waals surface area contributed by atoms with E-state index in [4.69, 9.17) is 0 Å². The van der Waals surface area contributed by atoms with Crippen LogP contribution < -0.4 is 0 Å². The van der Waals surface area contributed by atoms with Crippen LogP contribution in [-0.4, -0.2) is 47.3 Å². The van der Waals surface area contributed by atoms with Crippen LogP contribution in [0.3, 0.4) is 0 Å². The van der Waals surface area contributed by atoms with Crippen molar-refractivity contribution in [1.29, 1.82) is 0 Å². The van der Waals surface area contributed by atoms with Gasteiger partial charge in [-0.3, -0.25) is 9.59 Å². The van der Waals surface area contributed by atoms with E-state index in [1.807, 2.05) is 4.90 Å². The molecular weight excluding hydrogens is 367 g/mol. The molecule has 0 radical (unpaired) electrons. The summed E-state index contributed by atoms with van der Waals surface area (Å²) in [6.07, 6.45) is 9.74. The lowest BCUT2D eigenvalue weighted by Crippen LogP contribution is -2.58. The summed E-state index contributed by atoms with van der Waals surface area (Å²) in [5.74, 6) is 1.59. The molecule has 1 saturated carbocycles. The molecule has 2 saturated heterocycles. The van der Waals surface area contributed by atoms with Gasteiger partial charge in [-0.15, -0.1) is 0 Å². The standard InChI is InChI=1S/C24H29FN2O2/c25-21-6-2-1-4-18(21)14-23(28)26-11-9-22-19(15-26)5-3-10-27(22)24(29)20-13-16-7-8-17(20)12-16/h1-2,4,6-8,16-17,19-20,22H,3,5,9-15H2/t16-,17+,19-,20-,22+/m1/s1. The van der Waals surface area contributed by atoms with Gasteiger partial charge in [0.15, 0.2) is 0 Å². The van der Waals surface area contributed by atoms with Gasteiger partial charge < -0.3 is 9.80 Å². The van der Waals surface area contributed by atoms with Crippen molar-refractivity contribution in [2.45, 2.75) is 44.6 Å². The summed E-state index contributed by atoms with van der Waals surface area (Å²) in [5.41, 5.74) is 0.462. The second kappa shape index (κ2) is 7.58. The average molecular weight is 397 g/mol. The molecule has 4 aliphatic rings. The van der Waals surface area contributed by atoms with Gasteiger partial charge in [0.2, 0.25) is 11.8 Å². The number of hydrogen-bond acceptors (Lipinski definition) is 2. The lowest BCUT2D eigenvalue weighted by molar-refractivity contribution is -0.145. The van der Waals surface area contributed by atoms with Crippen molar-refractivity contribution in [2.75, 3.05) is 19.6 Å². The number of likely N-dealkylation sites (tertiary alicyclic amines) is 2. The van der Waals surface area contributed by atoms with Gasteiger partial charge in [-0.1, -0.05) is 30.4 Å². The predicted octanol–water partition coefficient (Wildman–Crippen LogP) is 3.42. The Labute approximate surface area is 171 Å². The van der Waals surface area contributed by atoms with E-state index in [-0.39, 0.29) is 30.1 Å². The molecule has 1 aromatic carbocycles. The minimum atomic E-state index is -0.315. The molecule has 29 heavy (non-hydrogen) atoms. The summed E-state index contributed by atoms with van der Waals surface area (Å²) in [6.45, 7) is 2.22. The molecule has 2 bridgehead atoms. The average Bonchev–Trinajstić information content (AvgIpc) is 3.38. The summed E-state index contributed by atoms with van der Waals surface area (Å²) in [4.78, 5) is 30.1. The quantitative estimate of drug-likeness (QED) is 0.735. The molecule has 0 aromatic heterocycles. The highest BCUT2D eigenvalue weighted by molar-refractivity contribution is 5.81. The van der Waals surface area contributed by atoms with Crippen LogP contribution in [-0.2, 0) is 16.0 Å². The Morgan fingerprint density at radius 2 is 1.93 bits per heavy atom. The number of nitrogens with zero attached hydrogens (tertiary/aromatic N) is 2. The van der Waals surface area contributed by atoms with E-state index in [1.54, 1.807) is 18.2 Å². The highest BCUT2D eigenvalue weighted by Gasteiger charge is 2.45. The van der Waals surface area contributed by atoms with Crippen molar-refractivity contribution in [3.05, 3.63) is 47.8 Å². The summed E-state index contributed by atoms with van der Waals surface area (Å²) in [6, 6.07) is 6.77. The molecule has 5 rings (SSSR count). The van der Waals surface area contributed by atoms with Crippen LogP contribution in [0.2, 0.25) is 0 Å². The van der Waals surface area contributed by atoms with Crippen molar-refractivity contribution in [1.82, 2.24) is 9.80 Å². The Hall–Kier alpha value is -2.17. The second-order valence-electron chi connectivity index (χ2n) is 9.28. The van der Waals surface area contributed by atoms with Crippen LogP contribution in [0.4, 0.5) is 4.39 Å². The van der Waals surface area contributed by atoms with Gasteiger partial charge in [-0.2, -0.15) is 0 Å². The van der Waals surface area contributed by atoms with E-state index < -0.39 is 0 Å². The van der Waals surface area contributed by atoms with E-state index in [2.05, 4.69) is 17.1 Å². The molecule has 2 aliphatic heterocycles. The van der Waals surface area contributed by atoms with Gasteiger partial charge in [0.1, 0.15) is 5.82 Å². The first-order valence-electron chi connectivity index (χ1n) is 11.1. The Morgan fingerprint density at radius 3 is 2.69 bits per heavy atom. The van der Waals surface area contributed by atoms with Crippen molar-refractivity contribution in [3.63, 3.8) is 0 Å². The number of amides is 2. The van der Waals surface area contributed by atoms with Crippen molar-refractivity contribution in [2.24, 2.45) is 23.7 Å². The SMILES string of the molecule is O=C(Cc1ccccc1F)N1CC[C@H]2[C@H](CCCN2C(=O)[C@@H]2C[C@@H]3C=C[C@H]2C3)C1. The molecule has 1 aromatic rings. The fraction of sp³-hybridized carbons (Fsp3) is 0.583. The van der Waals surface area contributed by atoms with Crippen LogP contribution in [0.1, 0.15) is 37.7 Å². The van der Waals surface area contributed by atoms with Gasteiger partial charge in [0.25, 0.3) is 0 Å². The first kappa shape index (κ1) is 18.8. The largest absolute Gasteiger partial charge is 0.342 e. The summed E-state index contributed by atoms with van der Waals surface area (Å²) in [7, 11) is 0. The fourth-order valence-corrected chi connectivity index (χ4v) is 6.10. The van der Waals surface area contributed by atoms with Crippen LogP contribution in [0.15, 0.2) is 36.4 Å². The maximum Gasteiger partial charge on any atom is 0.227 e. The summed E-state index contributed by atoms with van der Waals surface area (Å²) < 4.78 is 13.9. The maximum atomic E-state index is 13.9. The smallest absolute Gasteiger partial charge is 0.227 e. The number of carbonyl (C=O) groups excluding carboxylic acids is 2. The lowest BCUT2D eigenvalue weighted by atomic mass is 9.82. The second-order valence-corrected chi connectivity index (χ2v) is 9.28. The number of rotatable bonds is 3. The van der Waals surface area contributed by atoms with Gasteiger partial charge in [-0.25, -0.2) is 4.39 Å². The zero-order chi connectivity index (χ0) is 20.0. The zero-order valence-electron chi connectivity index (χ0n) is 16.8. The number of piperidine rings is 2. The van der Waals surface area contributed by atoms with Crippen molar-refractivity contribution in [3.8, 4) is 0 Å². The normalized spacial score (nSPS) is 33.1. The van der Waals surface area contributed by atoms with E-state index >= 15 is 0 Å². The minimum absolute atomic E-state index is 0.00441. The third kappa shape index (κ3) is 3.49. The molecular formula is C24H29FN2O2.